The van der Waals surface area contributed by atoms with Gasteiger partial charge in [0, 0.05) is 11.3 Å². The van der Waals surface area contributed by atoms with Crippen molar-refractivity contribution in [3.05, 3.63) is 44.3 Å². The van der Waals surface area contributed by atoms with Gasteiger partial charge in [-0.2, -0.15) is 0 Å². The molecule has 88 valence electrons. The lowest BCUT2D eigenvalue weighted by atomic mass is 9.90. The number of rotatable bonds is 4. The van der Waals surface area contributed by atoms with E-state index in [1.807, 2.05) is 0 Å². The minimum Gasteiger partial charge on any atom is -0.264 e. The molecule has 0 aromatic carbocycles. The summed E-state index contributed by atoms with van der Waals surface area (Å²) in [5, 5.41) is 21.5. The van der Waals surface area contributed by atoms with Crippen molar-refractivity contribution in [2.75, 3.05) is 0 Å². The van der Waals surface area contributed by atoms with Gasteiger partial charge < -0.3 is 0 Å². The summed E-state index contributed by atoms with van der Waals surface area (Å²) < 4.78 is 0. The first-order valence-corrected chi connectivity index (χ1v) is 4.90. The highest BCUT2D eigenvalue weighted by molar-refractivity contribution is 5.17. The summed E-state index contributed by atoms with van der Waals surface area (Å²) >= 11 is 0. The summed E-state index contributed by atoms with van der Waals surface area (Å²) in [7, 11) is 0. The minimum absolute atomic E-state index is 0.339. The molecule has 0 aromatic heterocycles. The van der Waals surface area contributed by atoms with Gasteiger partial charge in [0.2, 0.25) is 6.04 Å². The summed E-state index contributed by atoms with van der Waals surface area (Å²) in [6.07, 6.45) is 4.47. The first-order valence-electron chi connectivity index (χ1n) is 4.90. The van der Waals surface area contributed by atoms with E-state index in [-0.39, 0.29) is 10.8 Å². The molecule has 0 spiro atoms. The molecule has 0 bridgehead atoms. The third-order valence-corrected chi connectivity index (χ3v) is 2.60. The van der Waals surface area contributed by atoms with E-state index in [2.05, 4.69) is 0 Å². The number of hydrogen-bond acceptors (Lipinski definition) is 4. The monoisotopic (exact) mass is 227 g/mol. The summed E-state index contributed by atoms with van der Waals surface area (Å²) in [5.74, 6) is -0.365. The van der Waals surface area contributed by atoms with Crippen molar-refractivity contribution in [1.82, 2.24) is 5.01 Å². The van der Waals surface area contributed by atoms with E-state index in [1.165, 1.54) is 18.5 Å². The van der Waals surface area contributed by atoms with Crippen LogP contribution in [0.15, 0.2) is 24.0 Å². The van der Waals surface area contributed by atoms with Crippen LogP contribution >= 0.6 is 0 Å². The second-order valence-corrected chi connectivity index (χ2v) is 3.62. The van der Waals surface area contributed by atoms with Crippen LogP contribution in [0.1, 0.15) is 20.3 Å². The Bertz CT molecular complexity index is 364. The largest absolute Gasteiger partial charge is 0.264 e. The van der Waals surface area contributed by atoms with Crippen molar-refractivity contribution in [1.29, 1.82) is 0 Å². The highest BCUT2D eigenvalue weighted by Crippen LogP contribution is 2.25. The fraction of sp³-hybridized carbons (Fsp3) is 0.556. The summed E-state index contributed by atoms with van der Waals surface area (Å²) in [6, 6.07) is -0.721. The number of hydrogen-bond donors (Lipinski definition) is 0. The molecule has 7 heteroatoms. The average Bonchev–Trinajstić information content (AvgIpc) is 2.20. The minimum atomic E-state index is -0.721. The summed E-state index contributed by atoms with van der Waals surface area (Å²) in [5.41, 5.74) is 0.628. The maximum atomic E-state index is 10.8. The van der Waals surface area contributed by atoms with Crippen molar-refractivity contribution in [3.63, 3.8) is 0 Å². The Morgan fingerprint density at radius 1 is 1.50 bits per heavy atom. The van der Waals surface area contributed by atoms with Gasteiger partial charge in [-0.05, 0) is 18.6 Å². The highest BCUT2D eigenvalue weighted by Gasteiger charge is 2.32. The third-order valence-electron chi connectivity index (χ3n) is 2.60. The van der Waals surface area contributed by atoms with Crippen molar-refractivity contribution >= 4 is 0 Å². The number of nitrogens with zero attached hydrogens (tertiary/aromatic N) is 3. The Kier molecular flexibility index (Phi) is 3.60. The van der Waals surface area contributed by atoms with E-state index in [0.717, 1.165) is 5.01 Å². The van der Waals surface area contributed by atoms with Crippen LogP contribution in [0.2, 0.25) is 0 Å². The van der Waals surface area contributed by atoms with Gasteiger partial charge in [-0.25, -0.2) is 10.1 Å². The van der Waals surface area contributed by atoms with Crippen LogP contribution in [-0.2, 0) is 0 Å². The predicted molar refractivity (Wildman–Crippen MR) is 56.3 cm³/mol. The molecular formula is C9H13N3O4. The van der Waals surface area contributed by atoms with E-state index < -0.39 is 11.1 Å². The molecule has 0 radical (unpaired) electrons. The van der Waals surface area contributed by atoms with Gasteiger partial charge in [0.25, 0.3) is 0 Å². The summed E-state index contributed by atoms with van der Waals surface area (Å²) in [4.78, 5) is 20.9. The maximum absolute atomic E-state index is 10.8. The lowest BCUT2D eigenvalue weighted by molar-refractivity contribution is -0.625. The van der Waals surface area contributed by atoms with Gasteiger partial charge in [-0.1, -0.05) is 11.9 Å². The lowest BCUT2D eigenvalue weighted by Crippen LogP contribution is -2.32. The maximum Gasteiger partial charge on any atom is 0.222 e. The lowest BCUT2D eigenvalue weighted by Gasteiger charge is -2.21. The molecule has 2 atom stereocenters. The van der Waals surface area contributed by atoms with Gasteiger partial charge in [-0.15, -0.1) is 0 Å². The third kappa shape index (κ3) is 2.36. The highest BCUT2D eigenvalue weighted by atomic mass is 16.7. The Morgan fingerprint density at radius 2 is 2.12 bits per heavy atom. The predicted octanol–water partition coefficient (Wildman–Crippen LogP) is 1.58. The SMILES string of the molecule is CCC(C1C=CN([N+](=O)[O-])C=C1C)[N+](=O)[O-]. The standard InChI is InChI=1S/C9H13N3O4/c1-3-9(11(13)14)8-4-5-10(12(15)16)6-7(8)2/h4-6,8-9H,3H2,1-2H3. The van der Waals surface area contributed by atoms with E-state index in [4.69, 9.17) is 0 Å². The Labute approximate surface area is 92.3 Å². The van der Waals surface area contributed by atoms with Crippen LogP contribution in [0.5, 0.6) is 0 Å². The first-order chi connectivity index (χ1) is 7.47. The molecule has 2 unspecified atom stereocenters. The second-order valence-electron chi connectivity index (χ2n) is 3.62. The Hall–Kier alpha value is -1.92. The molecule has 1 rings (SSSR count). The zero-order chi connectivity index (χ0) is 12.3. The second kappa shape index (κ2) is 4.73. The van der Waals surface area contributed by atoms with Gasteiger partial charge >= 0.3 is 0 Å². The quantitative estimate of drug-likeness (QED) is 0.537. The van der Waals surface area contributed by atoms with Gasteiger partial charge in [-0.3, -0.25) is 10.1 Å². The van der Waals surface area contributed by atoms with Crippen molar-refractivity contribution in [2.24, 2.45) is 5.92 Å². The molecule has 1 heterocycles. The molecule has 0 N–H and O–H groups in total. The number of nitro groups is 2. The number of hydrazine groups is 1. The van der Waals surface area contributed by atoms with Crippen LogP contribution in [-0.4, -0.2) is 21.0 Å². The smallest absolute Gasteiger partial charge is 0.222 e. The first kappa shape index (κ1) is 12.2. The van der Waals surface area contributed by atoms with E-state index in [9.17, 15) is 20.2 Å². The van der Waals surface area contributed by atoms with Gasteiger partial charge in [0.1, 0.15) is 0 Å². The zero-order valence-electron chi connectivity index (χ0n) is 9.07. The zero-order valence-corrected chi connectivity index (χ0v) is 9.07. The molecule has 0 amide bonds. The van der Waals surface area contributed by atoms with Crippen LogP contribution in [0.25, 0.3) is 0 Å². The molecule has 0 fully saturated rings. The fourth-order valence-electron chi connectivity index (χ4n) is 1.74. The average molecular weight is 227 g/mol. The molecule has 1 aliphatic rings. The fourth-order valence-corrected chi connectivity index (χ4v) is 1.74. The molecule has 7 nitrogen and oxygen atoms in total. The van der Waals surface area contributed by atoms with Crippen molar-refractivity contribution < 1.29 is 9.96 Å². The molecule has 16 heavy (non-hydrogen) atoms. The molecule has 0 saturated carbocycles. The van der Waals surface area contributed by atoms with Gasteiger partial charge in [0.05, 0.1) is 18.3 Å². The van der Waals surface area contributed by atoms with E-state index in [0.29, 0.717) is 12.0 Å². The molecule has 0 aliphatic carbocycles. The van der Waals surface area contributed by atoms with Crippen LogP contribution < -0.4 is 0 Å². The molecule has 1 aliphatic heterocycles. The molecular weight excluding hydrogens is 214 g/mol. The molecule has 0 aromatic rings. The van der Waals surface area contributed by atoms with E-state index >= 15 is 0 Å². The van der Waals surface area contributed by atoms with Crippen LogP contribution in [0.3, 0.4) is 0 Å². The normalized spacial score (nSPS) is 21.5. The van der Waals surface area contributed by atoms with Gasteiger partial charge in [0.15, 0.2) is 5.03 Å². The summed E-state index contributed by atoms with van der Waals surface area (Å²) in [6.45, 7) is 3.39. The van der Waals surface area contributed by atoms with Crippen LogP contribution in [0.4, 0.5) is 0 Å². The Balaban J connectivity index is 2.88. The van der Waals surface area contributed by atoms with Crippen molar-refractivity contribution in [2.45, 2.75) is 26.3 Å². The Morgan fingerprint density at radius 3 is 2.50 bits per heavy atom. The topological polar surface area (TPSA) is 89.5 Å². The van der Waals surface area contributed by atoms with Crippen LogP contribution in [0, 0.1) is 26.1 Å². The van der Waals surface area contributed by atoms with E-state index in [1.54, 1.807) is 13.8 Å². The van der Waals surface area contributed by atoms with Crippen molar-refractivity contribution in [3.8, 4) is 0 Å². The molecule has 0 saturated heterocycles.